The largest absolute Gasteiger partial charge is 0.494 e. The van der Waals surface area contributed by atoms with E-state index in [4.69, 9.17) is 14.2 Å². The maximum atomic E-state index is 13.7. The van der Waals surface area contributed by atoms with Crippen LogP contribution in [0.15, 0.2) is 66.9 Å². The average Bonchev–Trinajstić information content (AvgIpc) is 2.73. The molecule has 0 aliphatic rings. The van der Waals surface area contributed by atoms with E-state index in [1.165, 1.54) is 31.5 Å². The van der Waals surface area contributed by atoms with Gasteiger partial charge in [0.1, 0.15) is 11.3 Å². The van der Waals surface area contributed by atoms with Crippen LogP contribution >= 0.6 is 0 Å². The number of pyridine rings is 1. The second-order valence-electron chi connectivity index (χ2n) is 5.62. The van der Waals surface area contributed by atoms with E-state index in [1.54, 1.807) is 30.3 Å². The van der Waals surface area contributed by atoms with Crippen molar-refractivity contribution in [2.75, 3.05) is 13.7 Å². The number of halogens is 1. The number of benzene rings is 2. The first-order valence-electron chi connectivity index (χ1n) is 8.30. The van der Waals surface area contributed by atoms with Gasteiger partial charge in [-0.1, -0.05) is 18.2 Å². The number of aromatic nitrogens is 1. The fourth-order valence-corrected chi connectivity index (χ4v) is 2.36. The molecular weight excluding hydrogens is 365 g/mol. The molecule has 1 heterocycles. The second kappa shape index (κ2) is 8.77. The van der Waals surface area contributed by atoms with Gasteiger partial charge in [-0.05, 0) is 42.5 Å². The lowest BCUT2D eigenvalue weighted by Gasteiger charge is -2.10. The van der Waals surface area contributed by atoms with Gasteiger partial charge in [0.25, 0.3) is 0 Å². The number of Topliss-reactive ketones (excluding diaryl/α,β-unsaturated/α-hetero) is 1. The zero-order chi connectivity index (χ0) is 19.9. The number of rotatable bonds is 7. The summed E-state index contributed by atoms with van der Waals surface area (Å²) in [4.78, 5) is 28.6. The lowest BCUT2D eigenvalue weighted by Crippen LogP contribution is -2.15. The number of hydrogen-bond donors (Lipinski definition) is 0. The van der Waals surface area contributed by atoms with Gasteiger partial charge in [-0.3, -0.25) is 4.79 Å². The Morgan fingerprint density at radius 2 is 1.82 bits per heavy atom. The summed E-state index contributed by atoms with van der Waals surface area (Å²) in [5.41, 5.74) is 0.137. The van der Waals surface area contributed by atoms with Crippen LogP contribution in [0.4, 0.5) is 4.39 Å². The highest BCUT2D eigenvalue weighted by atomic mass is 19.1. The van der Waals surface area contributed by atoms with Gasteiger partial charge in [-0.25, -0.2) is 14.2 Å². The van der Waals surface area contributed by atoms with Crippen molar-refractivity contribution in [2.45, 2.75) is 0 Å². The fourth-order valence-electron chi connectivity index (χ4n) is 2.36. The molecule has 0 saturated heterocycles. The Labute approximate surface area is 160 Å². The summed E-state index contributed by atoms with van der Waals surface area (Å²) in [7, 11) is 1.32. The van der Waals surface area contributed by atoms with Gasteiger partial charge in [0, 0.05) is 11.8 Å². The lowest BCUT2D eigenvalue weighted by molar-refractivity contribution is 0.0471. The minimum absolute atomic E-state index is 0.0200. The predicted octanol–water partition coefficient (Wildman–Crippen LogP) is 4.06. The van der Waals surface area contributed by atoms with Crippen LogP contribution in [-0.2, 0) is 4.74 Å². The van der Waals surface area contributed by atoms with E-state index in [-0.39, 0.29) is 22.8 Å². The highest BCUT2D eigenvalue weighted by Gasteiger charge is 2.18. The third-order valence-corrected chi connectivity index (χ3v) is 3.76. The lowest BCUT2D eigenvalue weighted by atomic mass is 10.1. The number of carbonyl (C=O) groups excluding carboxylic acids is 2. The number of carbonyl (C=O) groups is 2. The number of hydrogen-bond acceptors (Lipinski definition) is 6. The molecule has 0 atom stereocenters. The van der Waals surface area contributed by atoms with Crippen molar-refractivity contribution in [2.24, 2.45) is 0 Å². The maximum absolute atomic E-state index is 13.7. The quantitative estimate of drug-likeness (QED) is 0.454. The van der Waals surface area contributed by atoms with Crippen LogP contribution in [0.1, 0.15) is 20.7 Å². The SMILES string of the molecule is COc1ccc(C(=O)COC(=O)c2cccnc2Oc2ccccc2)cc1F. The predicted molar refractivity (Wildman–Crippen MR) is 98.3 cm³/mol. The van der Waals surface area contributed by atoms with Gasteiger partial charge in [0.05, 0.1) is 7.11 Å². The summed E-state index contributed by atoms with van der Waals surface area (Å²) in [6.45, 7) is -0.551. The highest BCUT2D eigenvalue weighted by Crippen LogP contribution is 2.23. The molecule has 0 amide bonds. The van der Waals surface area contributed by atoms with Crippen molar-refractivity contribution in [3.05, 3.63) is 83.8 Å². The van der Waals surface area contributed by atoms with E-state index in [2.05, 4.69) is 4.98 Å². The smallest absolute Gasteiger partial charge is 0.344 e. The van der Waals surface area contributed by atoms with Crippen molar-refractivity contribution >= 4 is 11.8 Å². The zero-order valence-corrected chi connectivity index (χ0v) is 14.9. The molecule has 0 radical (unpaired) electrons. The molecule has 0 saturated carbocycles. The van der Waals surface area contributed by atoms with E-state index in [9.17, 15) is 14.0 Å². The van der Waals surface area contributed by atoms with Crippen LogP contribution < -0.4 is 9.47 Å². The van der Waals surface area contributed by atoms with Gasteiger partial charge in [-0.2, -0.15) is 0 Å². The molecule has 28 heavy (non-hydrogen) atoms. The van der Waals surface area contributed by atoms with Crippen LogP contribution in [0, 0.1) is 5.82 Å². The van der Waals surface area contributed by atoms with E-state index in [0.717, 1.165) is 6.07 Å². The Kier molecular flexibility index (Phi) is 5.96. The number of para-hydroxylation sites is 1. The normalized spacial score (nSPS) is 10.2. The molecule has 2 aromatic carbocycles. The van der Waals surface area contributed by atoms with Crippen LogP contribution in [0.5, 0.6) is 17.4 Å². The molecular formula is C21H16FNO5. The van der Waals surface area contributed by atoms with Crippen LogP contribution in [0.25, 0.3) is 0 Å². The van der Waals surface area contributed by atoms with Crippen molar-refractivity contribution in [1.29, 1.82) is 0 Å². The van der Waals surface area contributed by atoms with E-state index in [1.807, 2.05) is 6.07 Å². The molecule has 0 aliphatic carbocycles. The number of esters is 1. The molecule has 0 fully saturated rings. The molecule has 0 unspecified atom stereocenters. The number of nitrogens with zero attached hydrogens (tertiary/aromatic N) is 1. The van der Waals surface area contributed by atoms with Crippen LogP contribution in [0.3, 0.4) is 0 Å². The van der Waals surface area contributed by atoms with Crippen molar-refractivity contribution in [3.8, 4) is 17.4 Å². The molecule has 3 aromatic rings. The highest BCUT2D eigenvalue weighted by molar-refractivity contribution is 5.99. The van der Waals surface area contributed by atoms with E-state index < -0.39 is 24.2 Å². The molecule has 7 heteroatoms. The molecule has 0 aliphatic heterocycles. The maximum Gasteiger partial charge on any atom is 0.344 e. The van der Waals surface area contributed by atoms with Crippen LogP contribution in [0.2, 0.25) is 0 Å². The van der Waals surface area contributed by atoms with E-state index >= 15 is 0 Å². The first-order chi connectivity index (χ1) is 13.6. The van der Waals surface area contributed by atoms with Crippen molar-refractivity contribution < 1.29 is 28.2 Å². The van der Waals surface area contributed by atoms with Gasteiger partial charge >= 0.3 is 5.97 Å². The standard InChI is InChI=1S/C21H16FNO5/c1-26-19-10-9-14(12-17(19)22)18(24)13-27-21(25)16-8-5-11-23-20(16)28-15-6-3-2-4-7-15/h2-12H,13H2,1H3. The molecule has 3 rings (SSSR count). The number of ketones is 1. The van der Waals surface area contributed by atoms with Gasteiger partial charge < -0.3 is 14.2 Å². The molecule has 0 spiro atoms. The first-order valence-corrected chi connectivity index (χ1v) is 8.30. The van der Waals surface area contributed by atoms with Crippen molar-refractivity contribution in [1.82, 2.24) is 4.98 Å². The Balaban J connectivity index is 1.68. The summed E-state index contributed by atoms with van der Waals surface area (Å²) >= 11 is 0. The molecule has 6 nitrogen and oxygen atoms in total. The van der Waals surface area contributed by atoms with Gasteiger partial charge in [-0.15, -0.1) is 0 Å². The molecule has 1 aromatic heterocycles. The Hall–Kier alpha value is -3.74. The van der Waals surface area contributed by atoms with E-state index in [0.29, 0.717) is 5.75 Å². The Bertz CT molecular complexity index is 991. The zero-order valence-electron chi connectivity index (χ0n) is 14.9. The average molecular weight is 381 g/mol. The first kappa shape index (κ1) is 19.0. The van der Waals surface area contributed by atoms with Crippen molar-refractivity contribution in [3.63, 3.8) is 0 Å². The topological polar surface area (TPSA) is 74.7 Å². The number of methoxy groups -OCH3 is 1. The van der Waals surface area contributed by atoms with Gasteiger partial charge in [0.2, 0.25) is 5.88 Å². The number of ether oxygens (including phenoxy) is 3. The molecule has 142 valence electrons. The monoisotopic (exact) mass is 381 g/mol. The summed E-state index contributed by atoms with van der Waals surface area (Å²) in [5.74, 6) is -1.43. The van der Waals surface area contributed by atoms with Crippen LogP contribution in [-0.4, -0.2) is 30.5 Å². The molecule has 0 bridgehead atoms. The minimum Gasteiger partial charge on any atom is -0.494 e. The minimum atomic E-state index is -0.777. The summed E-state index contributed by atoms with van der Waals surface area (Å²) in [5, 5.41) is 0. The Morgan fingerprint density at radius 3 is 2.54 bits per heavy atom. The third-order valence-electron chi connectivity index (χ3n) is 3.76. The molecule has 0 N–H and O–H groups in total. The summed E-state index contributed by atoms with van der Waals surface area (Å²) < 4.78 is 29.2. The second-order valence-corrected chi connectivity index (χ2v) is 5.62. The fraction of sp³-hybridized carbons (Fsp3) is 0.0952. The summed E-state index contributed by atoms with van der Waals surface area (Å²) in [6.07, 6.45) is 1.47. The third kappa shape index (κ3) is 4.50. The Morgan fingerprint density at radius 1 is 1.04 bits per heavy atom. The summed E-state index contributed by atoms with van der Waals surface area (Å²) in [6, 6.07) is 15.6. The van der Waals surface area contributed by atoms with Gasteiger partial charge in [0.15, 0.2) is 24.0 Å².